The molecule has 3 rings (SSSR count). The molecule has 11 heteroatoms. The van der Waals surface area contributed by atoms with Crippen LogP contribution < -0.4 is 5.32 Å². The number of nitrogens with one attached hydrogen (secondary N) is 1. The van der Waals surface area contributed by atoms with Gasteiger partial charge in [0.05, 0.1) is 33.3 Å². The van der Waals surface area contributed by atoms with Crippen LogP contribution in [0.5, 0.6) is 0 Å². The minimum Gasteiger partial charge on any atom is -0.394 e. The minimum absolute atomic E-state index is 0.0679. The number of thiazole rings is 2. The zero-order valence-electron chi connectivity index (χ0n) is 16.2. The second kappa shape index (κ2) is 9.93. The molecule has 5 N–H and O–H groups in total. The molecular formula is C19H23N3O6S2. The lowest BCUT2D eigenvalue weighted by atomic mass is 9.95. The number of terminal acetylenes is 1. The maximum Gasteiger partial charge on any atom is 0.216 e. The van der Waals surface area contributed by atoms with Crippen LogP contribution >= 0.6 is 22.7 Å². The fraction of sp³-hybridized carbons (Fsp3) is 0.526. The summed E-state index contributed by atoms with van der Waals surface area (Å²) in [7, 11) is 0. The van der Waals surface area contributed by atoms with E-state index in [0.29, 0.717) is 33.4 Å². The Labute approximate surface area is 181 Å². The third-order valence-electron chi connectivity index (χ3n) is 4.71. The largest absolute Gasteiger partial charge is 0.394 e. The molecule has 5 unspecified atom stereocenters. The Kier molecular flexibility index (Phi) is 7.54. The summed E-state index contributed by atoms with van der Waals surface area (Å²) in [6, 6.07) is 0. The van der Waals surface area contributed by atoms with Gasteiger partial charge in [-0.25, -0.2) is 9.97 Å². The highest BCUT2D eigenvalue weighted by molar-refractivity contribution is 7.19. The first kappa shape index (κ1) is 22.8. The van der Waals surface area contributed by atoms with Crippen molar-refractivity contribution < 1.29 is 30.0 Å². The van der Waals surface area contributed by atoms with E-state index in [1.54, 1.807) is 6.92 Å². The topological polar surface area (TPSA) is 145 Å². The average Bonchev–Trinajstić information content (AvgIpc) is 3.36. The van der Waals surface area contributed by atoms with E-state index < -0.39 is 37.1 Å². The molecule has 5 atom stereocenters. The van der Waals surface area contributed by atoms with Gasteiger partial charge in [0.1, 0.15) is 30.5 Å². The number of hydrogen-bond donors (Lipinski definition) is 5. The van der Waals surface area contributed by atoms with Crippen molar-refractivity contribution in [1.29, 1.82) is 0 Å². The number of aromatic nitrogens is 2. The molecule has 0 radical (unpaired) electrons. The predicted molar refractivity (Wildman–Crippen MR) is 112 cm³/mol. The summed E-state index contributed by atoms with van der Waals surface area (Å²) in [4.78, 5) is 22.4. The monoisotopic (exact) mass is 453 g/mol. The highest BCUT2D eigenvalue weighted by Gasteiger charge is 2.43. The summed E-state index contributed by atoms with van der Waals surface area (Å²) < 4.78 is 5.44. The zero-order chi connectivity index (χ0) is 21.8. The van der Waals surface area contributed by atoms with Crippen LogP contribution in [0, 0.1) is 19.3 Å². The van der Waals surface area contributed by atoms with Crippen molar-refractivity contribution in [3.05, 3.63) is 26.7 Å². The highest BCUT2D eigenvalue weighted by Crippen LogP contribution is 2.27. The summed E-state index contributed by atoms with van der Waals surface area (Å²) in [6.45, 7) is 1.36. The summed E-state index contributed by atoms with van der Waals surface area (Å²) in [5.74, 6) is 2.39. The van der Waals surface area contributed by atoms with Crippen LogP contribution in [0.25, 0.3) is 0 Å². The summed E-state index contributed by atoms with van der Waals surface area (Å²) in [5, 5.41) is 43.2. The number of nitrogens with zero attached hydrogens (tertiary/aromatic N) is 2. The van der Waals surface area contributed by atoms with Crippen molar-refractivity contribution in [2.24, 2.45) is 0 Å². The molecule has 1 fully saturated rings. The van der Waals surface area contributed by atoms with Gasteiger partial charge < -0.3 is 30.5 Å². The second-order valence-electron chi connectivity index (χ2n) is 6.83. The molecule has 0 amide bonds. The molecule has 0 saturated carbocycles. The van der Waals surface area contributed by atoms with Gasteiger partial charge >= 0.3 is 0 Å². The van der Waals surface area contributed by atoms with E-state index >= 15 is 0 Å². The Balaban J connectivity index is 1.63. The van der Waals surface area contributed by atoms with Gasteiger partial charge in [0.25, 0.3) is 0 Å². The van der Waals surface area contributed by atoms with Crippen molar-refractivity contribution in [3.63, 3.8) is 0 Å². The molecule has 30 heavy (non-hydrogen) atoms. The molecule has 9 nitrogen and oxygen atoms in total. The standard InChI is InChI=1S/C19H23N3O6S2/c1-3-4-5-13-22-9(2)18(30-13)16(26)12-7-21-19(29-12)20-6-10-14(24)17(27)15(25)11(8-23)28-10/h1,7,10-11,14-15,17,23-25,27H,4-6,8H2,2H3,(H,20,21). The molecule has 2 aromatic rings. The number of rotatable bonds is 8. The number of carbonyl (C=O) groups is 1. The van der Waals surface area contributed by atoms with Gasteiger partial charge in [-0.15, -0.1) is 23.7 Å². The number of aliphatic hydroxyl groups is 4. The fourth-order valence-corrected chi connectivity index (χ4v) is 4.91. The molecule has 2 aromatic heterocycles. The van der Waals surface area contributed by atoms with E-state index in [1.807, 2.05) is 0 Å². The molecule has 162 valence electrons. The minimum atomic E-state index is -1.44. The SMILES string of the molecule is C#CCCc1nc(C)c(C(=O)c2cnc(NCC3OC(CO)C(O)C(O)C3O)s2)s1. The Morgan fingerprint density at radius 2 is 2.00 bits per heavy atom. The Hall–Kier alpha value is -1.91. The third kappa shape index (κ3) is 4.87. The van der Waals surface area contributed by atoms with Crippen LogP contribution in [0.15, 0.2) is 6.20 Å². The van der Waals surface area contributed by atoms with Crippen molar-refractivity contribution >= 4 is 33.6 Å². The lowest BCUT2D eigenvalue weighted by Gasteiger charge is -2.40. The Morgan fingerprint density at radius 3 is 2.70 bits per heavy atom. The number of ketones is 1. The lowest BCUT2D eigenvalue weighted by Crippen LogP contribution is -2.60. The van der Waals surface area contributed by atoms with E-state index in [9.17, 15) is 25.2 Å². The van der Waals surface area contributed by atoms with E-state index in [1.165, 1.54) is 17.5 Å². The molecule has 3 heterocycles. The van der Waals surface area contributed by atoms with Crippen molar-refractivity contribution in [2.75, 3.05) is 18.5 Å². The number of ether oxygens (including phenoxy) is 1. The van der Waals surface area contributed by atoms with Gasteiger partial charge in [0, 0.05) is 19.4 Å². The van der Waals surface area contributed by atoms with Crippen molar-refractivity contribution in [1.82, 2.24) is 9.97 Å². The third-order valence-corrected chi connectivity index (χ3v) is 6.88. The second-order valence-corrected chi connectivity index (χ2v) is 8.95. The molecule has 0 aromatic carbocycles. The van der Waals surface area contributed by atoms with Crippen LogP contribution in [0.1, 0.15) is 31.7 Å². The number of aliphatic hydroxyl groups excluding tert-OH is 4. The number of hydrogen-bond acceptors (Lipinski definition) is 11. The molecule has 0 spiro atoms. The molecule has 1 aliphatic heterocycles. The van der Waals surface area contributed by atoms with Gasteiger partial charge in [-0.3, -0.25) is 4.79 Å². The first-order valence-electron chi connectivity index (χ1n) is 9.30. The summed E-state index contributed by atoms with van der Waals surface area (Å²) in [6.07, 6.45) is 1.92. The quantitative estimate of drug-likeness (QED) is 0.274. The van der Waals surface area contributed by atoms with Crippen LogP contribution in [-0.2, 0) is 11.2 Å². The maximum absolute atomic E-state index is 12.8. The van der Waals surface area contributed by atoms with Gasteiger partial charge in [-0.05, 0) is 6.92 Å². The van der Waals surface area contributed by atoms with Crippen LogP contribution in [0.3, 0.4) is 0 Å². The smallest absolute Gasteiger partial charge is 0.216 e. The van der Waals surface area contributed by atoms with Gasteiger partial charge in [-0.2, -0.15) is 0 Å². The molecule has 1 aliphatic rings. The molecule has 0 aliphatic carbocycles. The fourth-order valence-electron chi connectivity index (χ4n) is 3.06. The van der Waals surface area contributed by atoms with E-state index in [2.05, 4.69) is 21.2 Å². The van der Waals surface area contributed by atoms with E-state index in [4.69, 9.17) is 11.2 Å². The lowest BCUT2D eigenvalue weighted by molar-refractivity contribution is -0.225. The van der Waals surface area contributed by atoms with Gasteiger partial charge in [0.15, 0.2) is 5.13 Å². The maximum atomic E-state index is 12.8. The normalized spacial score (nSPS) is 26.3. The Bertz CT molecular complexity index is 922. The Morgan fingerprint density at radius 1 is 1.27 bits per heavy atom. The van der Waals surface area contributed by atoms with Crippen LogP contribution in [0.2, 0.25) is 0 Å². The van der Waals surface area contributed by atoms with Crippen molar-refractivity contribution in [2.45, 2.75) is 50.3 Å². The summed E-state index contributed by atoms with van der Waals surface area (Å²) in [5.41, 5.74) is 0.654. The number of carbonyl (C=O) groups excluding carboxylic acids is 1. The first-order chi connectivity index (χ1) is 14.3. The highest BCUT2D eigenvalue weighted by atomic mass is 32.1. The van der Waals surface area contributed by atoms with Gasteiger partial charge in [0.2, 0.25) is 5.78 Å². The van der Waals surface area contributed by atoms with E-state index in [-0.39, 0.29) is 12.3 Å². The van der Waals surface area contributed by atoms with Gasteiger partial charge in [-0.1, -0.05) is 11.3 Å². The molecular weight excluding hydrogens is 430 g/mol. The predicted octanol–water partition coefficient (Wildman–Crippen LogP) is -0.0409. The molecule has 0 bridgehead atoms. The van der Waals surface area contributed by atoms with Crippen LogP contribution in [-0.4, -0.2) is 79.8 Å². The van der Waals surface area contributed by atoms with Crippen molar-refractivity contribution in [3.8, 4) is 12.3 Å². The zero-order valence-corrected chi connectivity index (χ0v) is 17.8. The number of aryl methyl sites for hydroxylation is 2. The molecule has 1 saturated heterocycles. The van der Waals surface area contributed by atoms with E-state index in [0.717, 1.165) is 16.3 Å². The van der Waals surface area contributed by atoms with Crippen LogP contribution in [0.4, 0.5) is 5.13 Å². The number of anilines is 1. The average molecular weight is 454 g/mol. The summed E-state index contributed by atoms with van der Waals surface area (Å²) >= 11 is 2.47. The first-order valence-corrected chi connectivity index (χ1v) is 10.9.